The van der Waals surface area contributed by atoms with E-state index in [0.29, 0.717) is 6.42 Å². The fourth-order valence-electron chi connectivity index (χ4n) is 0.957. The Kier molecular flexibility index (Phi) is 4.14. The van der Waals surface area contributed by atoms with Gasteiger partial charge in [-0.1, -0.05) is 13.0 Å². The lowest BCUT2D eigenvalue weighted by molar-refractivity contribution is -0.145. The van der Waals surface area contributed by atoms with Crippen molar-refractivity contribution < 1.29 is 9.53 Å². The van der Waals surface area contributed by atoms with E-state index in [1.54, 1.807) is 0 Å². The largest absolute Gasteiger partial charge is 0.447 e. The van der Waals surface area contributed by atoms with Gasteiger partial charge in [-0.05, 0) is 17.9 Å². The molecule has 1 rings (SSSR count). The van der Waals surface area contributed by atoms with Crippen LogP contribution in [-0.2, 0) is 16.0 Å². The van der Waals surface area contributed by atoms with Crippen LogP contribution in [0.25, 0.3) is 0 Å². The third-order valence-corrected chi connectivity index (χ3v) is 2.56. The summed E-state index contributed by atoms with van der Waals surface area (Å²) in [6, 6.07) is 5.68. The summed E-state index contributed by atoms with van der Waals surface area (Å²) in [7, 11) is 0. The van der Waals surface area contributed by atoms with Crippen LogP contribution in [0.15, 0.2) is 17.5 Å². The Morgan fingerprint density at radius 2 is 2.57 bits per heavy atom. The Morgan fingerprint density at radius 1 is 1.79 bits per heavy atom. The first kappa shape index (κ1) is 10.7. The lowest BCUT2D eigenvalue weighted by atomic mass is 10.3. The second-order valence-electron chi connectivity index (χ2n) is 2.77. The summed E-state index contributed by atoms with van der Waals surface area (Å²) in [5.74, 6) is -0.333. The lowest BCUT2D eigenvalue weighted by Crippen LogP contribution is -2.16. The summed E-state index contributed by atoms with van der Waals surface area (Å²) in [5.41, 5.74) is 0. The zero-order valence-corrected chi connectivity index (χ0v) is 8.71. The summed E-state index contributed by atoms with van der Waals surface area (Å²) in [6.07, 6.45) is 0.185. The lowest BCUT2D eigenvalue weighted by Gasteiger charge is -2.07. The van der Waals surface area contributed by atoms with Gasteiger partial charge in [-0.2, -0.15) is 5.26 Å². The number of rotatable bonds is 4. The van der Waals surface area contributed by atoms with Crippen molar-refractivity contribution >= 4 is 17.3 Å². The third-order valence-electron chi connectivity index (χ3n) is 1.69. The zero-order valence-electron chi connectivity index (χ0n) is 7.90. The van der Waals surface area contributed by atoms with Gasteiger partial charge in [0, 0.05) is 4.88 Å². The van der Waals surface area contributed by atoms with Gasteiger partial charge in [-0.3, -0.25) is 4.79 Å². The van der Waals surface area contributed by atoms with Crippen molar-refractivity contribution in [2.24, 2.45) is 0 Å². The first-order valence-corrected chi connectivity index (χ1v) is 5.25. The highest BCUT2D eigenvalue weighted by molar-refractivity contribution is 7.10. The molecule has 1 aromatic heterocycles. The van der Waals surface area contributed by atoms with Crippen molar-refractivity contribution in [2.45, 2.75) is 25.9 Å². The second-order valence-corrected chi connectivity index (χ2v) is 3.80. The quantitative estimate of drug-likeness (QED) is 0.714. The molecule has 0 spiro atoms. The molecule has 0 saturated carbocycles. The summed E-state index contributed by atoms with van der Waals surface area (Å²) in [4.78, 5) is 12.2. The standard InChI is InChI=1S/C10H11NO2S/c1-2-8(7-11)13-10(12)6-9-4-3-5-14-9/h3-5,8H,2,6H2,1H3. The van der Waals surface area contributed by atoms with Crippen LogP contribution in [0, 0.1) is 11.3 Å². The summed E-state index contributed by atoms with van der Waals surface area (Å²) >= 11 is 1.51. The van der Waals surface area contributed by atoms with E-state index in [-0.39, 0.29) is 12.4 Å². The molecule has 0 aliphatic rings. The predicted octanol–water partition coefficient (Wildman–Crippen LogP) is 2.14. The molecule has 3 nitrogen and oxygen atoms in total. The van der Waals surface area contributed by atoms with Crippen LogP contribution in [0.5, 0.6) is 0 Å². The molecular weight excluding hydrogens is 198 g/mol. The van der Waals surface area contributed by atoms with Crippen LogP contribution in [0.3, 0.4) is 0 Å². The number of hydrogen-bond donors (Lipinski definition) is 0. The minimum Gasteiger partial charge on any atom is -0.447 e. The van der Waals surface area contributed by atoms with Crippen molar-refractivity contribution in [1.29, 1.82) is 5.26 Å². The van der Waals surface area contributed by atoms with Crippen LogP contribution < -0.4 is 0 Å². The van der Waals surface area contributed by atoms with Gasteiger partial charge in [-0.15, -0.1) is 11.3 Å². The van der Waals surface area contributed by atoms with Gasteiger partial charge in [0.25, 0.3) is 0 Å². The van der Waals surface area contributed by atoms with Gasteiger partial charge in [-0.25, -0.2) is 0 Å². The van der Waals surface area contributed by atoms with Gasteiger partial charge in [0.05, 0.1) is 6.42 Å². The highest BCUT2D eigenvalue weighted by Crippen LogP contribution is 2.10. The molecule has 0 aliphatic heterocycles. The average Bonchev–Trinajstić information content (AvgIpc) is 2.66. The molecule has 1 unspecified atom stereocenters. The van der Waals surface area contributed by atoms with Gasteiger partial charge in [0.2, 0.25) is 0 Å². The number of nitriles is 1. The molecule has 1 atom stereocenters. The van der Waals surface area contributed by atoms with Crippen LogP contribution in [-0.4, -0.2) is 12.1 Å². The van der Waals surface area contributed by atoms with E-state index in [1.165, 1.54) is 11.3 Å². The molecule has 0 aliphatic carbocycles. The number of thiophene rings is 1. The average molecular weight is 209 g/mol. The molecule has 0 aromatic carbocycles. The molecule has 0 saturated heterocycles. The van der Waals surface area contributed by atoms with Gasteiger partial charge in [0.15, 0.2) is 6.10 Å². The van der Waals surface area contributed by atoms with Gasteiger partial charge in [0.1, 0.15) is 6.07 Å². The summed E-state index contributed by atoms with van der Waals surface area (Å²) in [5, 5.41) is 10.5. The van der Waals surface area contributed by atoms with E-state index in [4.69, 9.17) is 10.00 Å². The number of carbonyl (C=O) groups excluding carboxylic acids is 1. The minimum absolute atomic E-state index is 0.260. The Balaban J connectivity index is 2.40. The molecule has 1 aromatic rings. The molecule has 0 N–H and O–H groups in total. The molecular formula is C10H11NO2S. The highest BCUT2D eigenvalue weighted by atomic mass is 32.1. The number of ether oxygens (including phenoxy) is 1. The van der Waals surface area contributed by atoms with E-state index < -0.39 is 6.10 Å². The maximum absolute atomic E-state index is 11.3. The van der Waals surface area contributed by atoms with Crippen LogP contribution in [0.2, 0.25) is 0 Å². The van der Waals surface area contributed by atoms with E-state index in [2.05, 4.69) is 0 Å². The molecule has 4 heteroatoms. The Bertz CT molecular complexity index is 326. The molecule has 0 bridgehead atoms. The fraction of sp³-hybridized carbons (Fsp3) is 0.400. The number of esters is 1. The van der Waals surface area contributed by atoms with Crippen molar-refractivity contribution in [3.05, 3.63) is 22.4 Å². The number of hydrogen-bond acceptors (Lipinski definition) is 4. The maximum Gasteiger partial charge on any atom is 0.312 e. The van der Waals surface area contributed by atoms with Gasteiger partial charge < -0.3 is 4.74 Å². The molecule has 0 amide bonds. The Hall–Kier alpha value is -1.34. The number of carbonyl (C=O) groups is 1. The topological polar surface area (TPSA) is 50.1 Å². The normalized spacial score (nSPS) is 11.7. The summed E-state index contributed by atoms with van der Waals surface area (Å²) in [6.45, 7) is 1.81. The molecule has 0 fully saturated rings. The molecule has 1 heterocycles. The number of nitrogens with zero attached hydrogens (tertiary/aromatic N) is 1. The monoisotopic (exact) mass is 209 g/mol. The third kappa shape index (κ3) is 3.19. The Morgan fingerprint density at radius 3 is 3.07 bits per heavy atom. The van der Waals surface area contributed by atoms with E-state index in [9.17, 15) is 4.79 Å². The van der Waals surface area contributed by atoms with Crippen LogP contribution >= 0.6 is 11.3 Å². The van der Waals surface area contributed by atoms with Crippen molar-refractivity contribution in [1.82, 2.24) is 0 Å². The minimum atomic E-state index is -0.609. The zero-order chi connectivity index (χ0) is 10.4. The maximum atomic E-state index is 11.3. The Labute approximate surface area is 86.9 Å². The molecule has 14 heavy (non-hydrogen) atoms. The second kappa shape index (κ2) is 5.40. The van der Waals surface area contributed by atoms with E-state index in [0.717, 1.165) is 4.88 Å². The van der Waals surface area contributed by atoms with Crippen LogP contribution in [0.4, 0.5) is 0 Å². The SMILES string of the molecule is CCC(C#N)OC(=O)Cc1cccs1. The molecule has 74 valence electrons. The highest BCUT2D eigenvalue weighted by Gasteiger charge is 2.11. The predicted molar refractivity (Wildman–Crippen MR) is 53.8 cm³/mol. The fourth-order valence-corrected chi connectivity index (χ4v) is 1.65. The molecule has 0 radical (unpaired) electrons. The van der Waals surface area contributed by atoms with E-state index >= 15 is 0 Å². The van der Waals surface area contributed by atoms with Crippen molar-refractivity contribution in [3.63, 3.8) is 0 Å². The first-order valence-electron chi connectivity index (χ1n) is 4.37. The first-order chi connectivity index (χ1) is 6.76. The van der Waals surface area contributed by atoms with Crippen molar-refractivity contribution in [3.8, 4) is 6.07 Å². The van der Waals surface area contributed by atoms with Crippen LogP contribution in [0.1, 0.15) is 18.2 Å². The van der Waals surface area contributed by atoms with Gasteiger partial charge >= 0.3 is 5.97 Å². The van der Waals surface area contributed by atoms with E-state index in [1.807, 2.05) is 30.5 Å². The van der Waals surface area contributed by atoms with Crippen molar-refractivity contribution in [2.75, 3.05) is 0 Å². The summed E-state index contributed by atoms with van der Waals surface area (Å²) < 4.78 is 4.93. The smallest absolute Gasteiger partial charge is 0.312 e.